The maximum Gasteiger partial charge on any atom is 0.326 e. The summed E-state index contributed by atoms with van der Waals surface area (Å²) in [5.41, 5.74) is 2.09. The lowest BCUT2D eigenvalue weighted by Crippen LogP contribution is -2.48. The zero-order valence-corrected chi connectivity index (χ0v) is 12.2. The van der Waals surface area contributed by atoms with Gasteiger partial charge in [-0.3, -0.25) is 4.79 Å². The molecule has 1 amide bonds. The molecule has 0 spiro atoms. The SMILES string of the molecule is CCc1nc(C(=O)N2Cc3ccccc3CC2C(=O)O)co1. The van der Waals surface area contributed by atoms with Gasteiger partial charge in [0.15, 0.2) is 11.6 Å². The second-order valence-electron chi connectivity index (χ2n) is 5.24. The van der Waals surface area contributed by atoms with Crippen LogP contribution in [-0.4, -0.2) is 32.9 Å². The van der Waals surface area contributed by atoms with Gasteiger partial charge in [-0.2, -0.15) is 0 Å². The van der Waals surface area contributed by atoms with Crippen molar-refractivity contribution in [2.75, 3.05) is 0 Å². The number of carboxylic acids is 1. The third kappa shape index (κ3) is 2.47. The molecule has 1 aromatic carbocycles. The van der Waals surface area contributed by atoms with E-state index >= 15 is 0 Å². The zero-order chi connectivity index (χ0) is 15.7. The number of aryl methyl sites for hydroxylation is 1. The van der Waals surface area contributed by atoms with E-state index in [2.05, 4.69) is 4.98 Å². The first-order valence-electron chi connectivity index (χ1n) is 7.15. The molecule has 1 aliphatic heterocycles. The third-order valence-corrected chi connectivity index (χ3v) is 3.87. The molecule has 0 aliphatic carbocycles. The Morgan fingerprint density at radius 3 is 2.73 bits per heavy atom. The molecule has 0 saturated heterocycles. The number of fused-ring (bicyclic) bond motifs is 1. The highest BCUT2D eigenvalue weighted by Gasteiger charge is 2.35. The van der Waals surface area contributed by atoms with Crippen molar-refractivity contribution in [1.82, 2.24) is 9.88 Å². The number of hydrogen-bond acceptors (Lipinski definition) is 4. The summed E-state index contributed by atoms with van der Waals surface area (Å²) < 4.78 is 5.18. The maximum absolute atomic E-state index is 12.6. The number of oxazole rings is 1. The van der Waals surface area contributed by atoms with E-state index in [1.807, 2.05) is 31.2 Å². The molecular weight excluding hydrogens is 284 g/mol. The van der Waals surface area contributed by atoms with Crippen molar-refractivity contribution < 1.29 is 19.1 Å². The second-order valence-corrected chi connectivity index (χ2v) is 5.24. The first kappa shape index (κ1) is 14.3. The van der Waals surface area contributed by atoms with Crippen molar-refractivity contribution in [2.24, 2.45) is 0 Å². The van der Waals surface area contributed by atoms with Crippen LogP contribution in [0.15, 0.2) is 34.9 Å². The quantitative estimate of drug-likeness (QED) is 0.935. The van der Waals surface area contributed by atoms with Gasteiger partial charge in [-0.15, -0.1) is 0 Å². The molecule has 6 nitrogen and oxygen atoms in total. The Hall–Kier alpha value is -2.63. The minimum atomic E-state index is -1.01. The molecule has 1 atom stereocenters. The minimum absolute atomic E-state index is 0.155. The topological polar surface area (TPSA) is 83.6 Å². The van der Waals surface area contributed by atoms with E-state index in [4.69, 9.17) is 4.42 Å². The number of nitrogens with zero attached hydrogens (tertiary/aromatic N) is 2. The lowest BCUT2D eigenvalue weighted by molar-refractivity contribution is -0.142. The summed E-state index contributed by atoms with van der Waals surface area (Å²) in [6.45, 7) is 2.14. The largest absolute Gasteiger partial charge is 0.480 e. The van der Waals surface area contributed by atoms with Crippen LogP contribution in [0.3, 0.4) is 0 Å². The zero-order valence-electron chi connectivity index (χ0n) is 12.2. The molecule has 2 aromatic rings. The van der Waals surface area contributed by atoms with Crippen LogP contribution in [0.2, 0.25) is 0 Å². The van der Waals surface area contributed by atoms with Crippen molar-refractivity contribution >= 4 is 11.9 Å². The van der Waals surface area contributed by atoms with Crippen LogP contribution < -0.4 is 0 Å². The van der Waals surface area contributed by atoms with Gasteiger partial charge in [0.2, 0.25) is 0 Å². The van der Waals surface area contributed by atoms with Crippen LogP contribution in [0.25, 0.3) is 0 Å². The summed E-state index contributed by atoms with van der Waals surface area (Å²) in [6, 6.07) is 6.69. The van der Waals surface area contributed by atoms with Gasteiger partial charge >= 0.3 is 5.97 Å². The highest BCUT2D eigenvalue weighted by molar-refractivity contribution is 5.95. The van der Waals surface area contributed by atoms with Gasteiger partial charge in [0.25, 0.3) is 5.91 Å². The number of carboxylic acid groups (broad SMARTS) is 1. The van der Waals surface area contributed by atoms with E-state index in [0.717, 1.165) is 11.1 Å². The minimum Gasteiger partial charge on any atom is -0.480 e. The van der Waals surface area contributed by atoms with Crippen molar-refractivity contribution in [3.05, 3.63) is 53.2 Å². The van der Waals surface area contributed by atoms with E-state index in [0.29, 0.717) is 18.7 Å². The number of hydrogen-bond donors (Lipinski definition) is 1. The third-order valence-electron chi connectivity index (χ3n) is 3.87. The Bertz CT molecular complexity index is 722. The molecule has 114 valence electrons. The number of carbonyl (C=O) groups is 2. The Morgan fingerprint density at radius 1 is 1.36 bits per heavy atom. The molecule has 0 saturated carbocycles. The van der Waals surface area contributed by atoms with Crippen molar-refractivity contribution in [2.45, 2.75) is 32.4 Å². The van der Waals surface area contributed by atoms with Gasteiger partial charge < -0.3 is 14.4 Å². The molecule has 0 bridgehead atoms. The molecule has 22 heavy (non-hydrogen) atoms. The van der Waals surface area contributed by atoms with Crippen LogP contribution in [0.5, 0.6) is 0 Å². The molecule has 2 heterocycles. The van der Waals surface area contributed by atoms with Crippen LogP contribution >= 0.6 is 0 Å². The van der Waals surface area contributed by atoms with E-state index in [9.17, 15) is 14.7 Å². The molecule has 1 N–H and O–H groups in total. The first-order valence-corrected chi connectivity index (χ1v) is 7.15. The highest BCUT2D eigenvalue weighted by atomic mass is 16.4. The second kappa shape index (κ2) is 5.63. The number of benzene rings is 1. The van der Waals surface area contributed by atoms with Gasteiger partial charge in [-0.1, -0.05) is 31.2 Å². The van der Waals surface area contributed by atoms with Crippen molar-refractivity contribution in [1.29, 1.82) is 0 Å². The fraction of sp³-hybridized carbons (Fsp3) is 0.312. The molecule has 0 radical (unpaired) electrons. The Balaban J connectivity index is 1.93. The standard InChI is InChI=1S/C16H16N2O4/c1-2-14-17-12(9-22-14)15(19)18-8-11-6-4-3-5-10(11)7-13(18)16(20)21/h3-6,9,13H,2,7-8H2,1H3,(H,20,21). The van der Waals surface area contributed by atoms with E-state index < -0.39 is 17.9 Å². The smallest absolute Gasteiger partial charge is 0.326 e. The number of amides is 1. The summed E-state index contributed by atoms with van der Waals surface area (Å²) in [7, 11) is 0. The molecule has 1 aliphatic rings. The average molecular weight is 300 g/mol. The summed E-state index contributed by atoms with van der Waals surface area (Å²) in [6.07, 6.45) is 2.18. The van der Waals surface area contributed by atoms with Crippen LogP contribution in [0.1, 0.15) is 34.4 Å². The predicted octanol–water partition coefficient (Wildman–Crippen LogP) is 1.89. The molecule has 6 heteroatoms. The lowest BCUT2D eigenvalue weighted by Gasteiger charge is -2.33. The summed E-state index contributed by atoms with van der Waals surface area (Å²) in [5.74, 6) is -0.958. The van der Waals surface area contributed by atoms with Gasteiger partial charge in [-0.25, -0.2) is 9.78 Å². The van der Waals surface area contributed by atoms with Gasteiger partial charge in [0.05, 0.1) is 0 Å². The fourth-order valence-electron chi connectivity index (χ4n) is 2.68. The summed E-state index contributed by atoms with van der Waals surface area (Å²) in [5, 5.41) is 9.44. The number of aliphatic carboxylic acids is 1. The Labute approximate surface area is 127 Å². The van der Waals surface area contributed by atoms with Crippen LogP contribution in [0.4, 0.5) is 0 Å². The van der Waals surface area contributed by atoms with Crippen molar-refractivity contribution in [3.8, 4) is 0 Å². The van der Waals surface area contributed by atoms with Crippen molar-refractivity contribution in [3.63, 3.8) is 0 Å². The summed E-state index contributed by atoms with van der Waals surface area (Å²) >= 11 is 0. The first-order chi connectivity index (χ1) is 10.6. The van der Waals surface area contributed by atoms with Gasteiger partial charge in [-0.05, 0) is 11.1 Å². The fourth-order valence-corrected chi connectivity index (χ4v) is 2.68. The number of aromatic nitrogens is 1. The lowest BCUT2D eigenvalue weighted by atomic mass is 9.94. The molecule has 0 fully saturated rings. The molecular formula is C16H16N2O4. The molecule has 1 unspecified atom stereocenters. The average Bonchev–Trinajstić information content (AvgIpc) is 3.02. The van der Waals surface area contributed by atoms with E-state index in [1.54, 1.807) is 0 Å². The van der Waals surface area contributed by atoms with Crippen LogP contribution in [-0.2, 0) is 24.2 Å². The summed E-state index contributed by atoms with van der Waals surface area (Å²) in [4.78, 5) is 29.6. The predicted molar refractivity (Wildman–Crippen MR) is 77.3 cm³/mol. The van der Waals surface area contributed by atoms with Gasteiger partial charge in [0.1, 0.15) is 12.3 Å². The Morgan fingerprint density at radius 2 is 2.09 bits per heavy atom. The Kier molecular flexibility index (Phi) is 3.66. The normalized spacial score (nSPS) is 17.1. The molecule has 1 aromatic heterocycles. The maximum atomic E-state index is 12.6. The number of carbonyl (C=O) groups excluding carboxylic acids is 1. The van der Waals surface area contributed by atoms with E-state index in [1.165, 1.54) is 11.2 Å². The monoisotopic (exact) mass is 300 g/mol. The van der Waals surface area contributed by atoms with Crippen LogP contribution in [0, 0.1) is 0 Å². The number of rotatable bonds is 3. The molecule has 3 rings (SSSR count). The van der Waals surface area contributed by atoms with E-state index in [-0.39, 0.29) is 12.2 Å². The van der Waals surface area contributed by atoms with Gasteiger partial charge in [0, 0.05) is 19.4 Å². The highest BCUT2D eigenvalue weighted by Crippen LogP contribution is 2.25.